The van der Waals surface area contributed by atoms with Crippen molar-refractivity contribution in [1.82, 2.24) is 0 Å². The third-order valence-electron chi connectivity index (χ3n) is 12.2. The summed E-state index contributed by atoms with van der Waals surface area (Å²) in [7, 11) is 0. The lowest BCUT2D eigenvalue weighted by molar-refractivity contribution is -0.244. The van der Waals surface area contributed by atoms with E-state index >= 15 is 0 Å². The lowest BCUT2D eigenvalue weighted by Gasteiger charge is -2.62. The first kappa shape index (κ1) is 22.9. The van der Waals surface area contributed by atoms with E-state index < -0.39 is 23.2 Å². The Morgan fingerprint density at radius 1 is 1.14 bits per heavy atom. The van der Waals surface area contributed by atoms with Crippen molar-refractivity contribution in [2.45, 2.75) is 95.7 Å². The molecule has 4 aliphatic heterocycles. The smallest absolute Gasteiger partial charge is 0.336 e. The second-order valence-corrected chi connectivity index (χ2v) is 13.1. The minimum absolute atomic E-state index is 0.0304. The van der Waals surface area contributed by atoms with Crippen LogP contribution >= 0.6 is 0 Å². The van der Waals surface area contributed by atoms with Crippen molar-refractivity contribution in [1.29, 1.82) is 0 Å². The fourth-order valence-corrected chi connectivity index (χ4v) is 10.5. The summed E-state index contributed by atoms with van der Waals surface area (Å²) in [5.41, 5.74) is 0.108. The molecule has 12 atom stereocenters. The number of esters is 1. The number of aliphatic hydroxyl groups is 2. The Kier molecular flexibility index (Phi) is 4.69. The van der Waals surface area contributed by atoms with Gasteiger partial charge in [0.15, 0.2) is 0 Å². The lowest BCUT2D eigenvalue weighted by atomic mass is 9.42. The molecule has 8 aliphatic rings. The number of ether oxygens (including phenoxy) is 3. The molecule has 0 aromatic carbocycles. The van der Waals surface area contributed by atoms with Crippen molar-refractivity contribution in [3.8, 4) is 0 Å². The van der Waals surface area contributed by atoms with E-state index in [0.717, 1.165) is 37.7 Å². The van der Waals surface area contributed by atoms with Crippen molar-refractivity contribution in [3.05, 3.63) is 11.1 Å². The molecule has 2 bridgehead atoms. The van der Waals surface area contributed by atoms with Gasteiger partial charge < -0.3 is 24.4 Å². The summed E-state index contributed by atoms with van der Waals surface area (Å²) in [5, 5.41) is 20.7. The van der Waals surface area contributed by atoms with Gasteiger partial charge in [0, 0.05) is 12.8 Å². The minimum Gasteiger partial charge on any atom is -0.458 e. The number of Topliss-reactive ketones (excluding diaryl/α,β-unsaturated/α-hetero) is 1. The molecule has 7 nitrogen and oxygen atoms in total. The van der Waals surface area contributed by atoms with Crippen LogP contribution in [0.4, 0.5) is 0 Å². The van der Waals surface area contributed by atoms with Crippen LogP contribution in [0.2, 0.25) is 0 Å². The van der Waals surface area contributed by atoms with E-state index in [9.17, 15) is 19.8 Å². The zero-order valence-electron chi connectivity index (χ0n) is 21.0. The summed E-state index contributed by atoms with van der Waals surface area (Å²) < 4.78 is 18.2. The average molecular weight is 487 g/mol. The molecule has 3 saturated heterocycles. The number of fused-ring (bicyclic) bond motifs is 5. The van der Waals surface area contributed by atoms with Crippen LogP contribution < -0.4 is 0 Å². The van der Waals surface area contributed by atoms with Crippen LogP contribution in [-0.2, 0) is 23.8 Å². The van der Waals surface area contributed by atoms with E-state index in [4.69, 9.17) is 14.2 Å². The van der Waals surface area contributed by atoms with E-state index in [1.807, 2.05) is 6.92 Å². The summed E-state index contributed by atoms with van der Waals surface area (Å²) in [4.78, 5) is 26.1. The molecule has 7 heteroatoms. The van der Waals surface area contributed by atoms with E-state index in [0.29, 0.717) is 42.8 Å². The number of hydrogen-bond acceptors (Lipinski definition) is 7. The second kappa shape index (κ2) is 7.18. The van der Waals surface area contributed by atoms with Gasteiger partial charge in [-0.1, -0.05) is 19.4 Å². The zero-order valence-corrected chi connectivity index (χ0v) is 21.0. The van der Waals surface area contributed by atoms with Crippen molar-refractivity contribution in [2.75, 3.05) is 13.2 Å². The highest BCUT2D eigenvalue weighted by Crippen LogP contribution is 2.75. The molecule has 0 aromatic rings. The Balaban J connectivity index is 1.17. The molecule has 0 amide bonds. The largest absolute Gasteiger partial charge is 0.458 e. The third kappa shape index (κ3) is 2.56. The Morgan fingerprint density at radius 2 is 1.94 bits per heavy atom. The van der Waals surface area contributed by atoms with Gasteiger partial charge in [0.25, 0.3) is 0 Å². The number of cyclic esters (lactones) is 1. The quantitative estimate of drug-likeness (QED) is 0.467. The number of aliphatic hydroxyl groups excluding tert-OH is 2. The predicted octanol–water partition coefficient (Wildman–Crippen LogP) is 2.57. The number of ketones is 1. The molecule has 4 saturated carbocycles. The second-order valence-electron chi connectivity index (χ2n) is 13.1. The molecule has 2 N–H and O–H groups in total. The van der Waals surface area contributed by atoms with Gasteiger partial charge >= 0.3 is 5.97 Å². The van der Waals surface area contributed by atoms with Crippen molar-refractivity contribution >= 4 is 11.8 Å². The number of hydrogen-bond donors (Lipinski definition) is 2. The maximum absolute atomic E-state index is 13.6. The fourth-order valence-electron chi connectivity index (χ4n) is 10.5. The first-order chi connectivity index (χ1) is 16.7. The highest BCUT2D eigenvalue weighted by atomic mass is 16.6. The van der Waals surface area contributed by atoms with Gasteiger partial charge in [-0.3, -0.25) is 4.79 Å². The molecule has 2 spiro atoms. The van der Waals surface area contributed by atoms with Crippen LogP contribution in [0.5, 0.6) is 0 Å². The van der Waals surface area contributed by atoms with E-state index in [2.05, 4.69) is 13.8 Å². The minimum atomic E-state index is -0.698. The molecule has 4 aliphatic carbocycles. The lowest BCUT2D eigenvalue weighted by Crippen LogP contribution is -2.74. The van der Waals surface area contributed by atoms with Crippen LogP contribution in [-0.4, -0.2) is 65.2 Å². The highest BCUT2D eigenvalue weighted by Gasteiger charge is 2.85. The monoisotopic (exact) mass is 486 g/mol. The molecule has 0 aromatic heterocycles. The maximum atomic E-state index is 13.6. The molecular weight excluding hydrogens is 448 g/mol. The van der Waals surface area contributed by atoms with Crippen LogP contribution in [0.15, 0.2) is 11.1 Å². The van der Waals surface area contributed by atoms with E-state index in [1.165, 1.54) is 0 Å². The van der Waals surface area contributed by atoms with Gasteiger partial charge in [-0.15, -0.1) is 0 Å². The molecule has 0 radical (unpaired) electrons. The summed E-state index contributed by atoms with van der Waals surface area (Å²) in [5.74, 6) is 1.68. The molecule has 7 fully saturated rings. The van der Waals surface area contributed by atoms with Gasteiger partial charge in [0.05, 0.1) is 36.4 Å². The van der Waals surface area contributed by atoms with Crippen LogP contribution in [0.1, 0.15) is 65.7 Å². The van der Waals surface area contributed by atoms with Crippen LogP contribution in [0, 0.1) is 40.4 Å². The Bertz CT molecular complexity index is 1020. The number of epoxide rings is 1. The normalized spacial score (nSPS) is 55.0. The number of carbonyl (C=O) groups is 2. The van der Waals surface area contributed by atoms with Crippen molar-refractivity contribution < 1.29 is 34.0 Å². The first-order valence-corrected chi connectivity index (χ1v) is 13.7. The first-order valence-electron chi connectivity index (χ1n) is 13.7. The third-order valence-corrected chi connectivity index (χ3v) is 12.2. The van der Waals surface area contributed by atoms with Gasteiger partial charge in [-0.25, -0.2) is 4.79 Å². The summed E-state index contributed by atoms with van der Waals surface area (Å²) in [6.45, 7) is 6.76. The van der Waals surface area contributed by atoms with Crippen molar-refractivity contribution in [2.24, 2.45) is 40.4 Å². The molecule has 8 rings (SSSR count). The zero-order chi connectivity index (χ0) is 24.5. The van der Waals surface area contributed by atoms with Crippen molar-refractivity contribution in [3.63, 3.8) is 0 Å². The number of carbonyl (C=O) groups excluding carboxylic acids is 2. The maximum Gasteiger partial charge on any atom is 0.336 e. The predicted molar refractivity (Wildman–Crippen MR) is 124 cm³/mol. The molecule has 192 valence electrons. The summed E-state index contributed by atoms with van der Waals surface area (Å²) in [6.07, 6.45) is 4.90. The Morgan fingerprint density at radius 3 is 2.66 bits per heavy atom. The van der Waals surface area contributed by atoms with Gasteiger partial charge in [0.2, 0.25) is 0 Å². The molecule has 4 heterocycles. The van der Waals surface area contributed by atoms with Crippen LogP contribution in [0.25, 0.3) is 0 Å². The Hall–Kier alpha value is -1.28. The average Bonchev–Trinajstić information content (AvgIpc) is 3.44. The Labute approximate surface area is 206 Å². The molecular formula is C28H38O7. The summed E-state index contributed by atoms with van der Waals surface area (Å²) >= 11 is 0. The standard InChI is InChI=1S/C28H38O7/c1-13-8-20(34-25(32)16(13)11-29)14(2)17-4-5-18-15-9-23-28(35-23)24(31)21-10-22(30)27(28,12-33-21)19(15)6-7-26(17,18)3/h14-15,17-21,23-24,29,31H,4-12H2,1-3H3/t14-,15-,17+,18-,19-,20+,21?,23+,24-,26+,27-,28-/m0/s1. The fraction of sp³-hybridized carbons (Fsp3) is 0.857. The number of rotatable bonds is 3. The van der Waals surface area contributed by atoms with E-state index in [1.54, 1.807) is 0 Å². The molecule has 1 unspecified atom stereocenters. The summed E-state index contributed by atoms with van der Waals surface area (Å²) in [6, 6.07) is 0. The topological polar surface area (TPSA) is 106 Å². The van der Waals surface area contributed by atoms with Crippen LogP contribution in [0.3, 0.4) is 0 Å². The van der Waals surface area contributed by atoms with E-state index in [-0.39, 0.29) is 47.8 Å². The van der Waals surface area contributed by atoms with Gasteiger partial charge in [-0.2, -0.15) is 0 Å². The highest BCUT2D eigenvalue weighted by molar-refractivity contribution is 5.91. The SMILES string of the molecule is CC1=C(CO)C(=O)O[C@@H]([C@@H](C)[C@H]2CC[C@H]3[C@@H]4C[C@H]5O[C@]56[C@@H](O)C5CC(=O)[C@]6(CO5)[C@H]4CC[C@]23C)C1. The molecule has 35 heavy (non-hydrogen) atoms. The van der Waals surface area contributed by atoms with Gasteiger partial charge in [0.1, 0.15) is 23.6 Å². The van der Waals surface area contributed by atoms with Gasteiger partial charge in [-0.05, 0) is 74.0 Å².